The Hall–Kier alpha value is -1.10. The fourth-order valence-corrected chi connectivity index (χ4v) is 3.54. The van der Waals surface area contributed by atoms with E-state index in [1.807, 2.05) is 0 Å². The van der Waals surface area contributed by atoms with Crippen molar-refractivity contribution in [2.45, 2.75) is 10.9 Å². The zero-order valence-electron chi connectivity index (χ0n) is 9.10. The van der Waals surface area contributed by atoms with Gasteiger partial charge in [0.15, 0.2) is 0 Å². The summed E-state index contributed by atoms with van der Waals surface area (Å²) in [6.07, 6.45) is 0. The fraction of sp³-hybridized carbons (Fsp3) is 0.222. The number of sulfonamides is 1. The average Bonchev–Trinajstić information content (AvgIpc) is 2.23. The third kappa shape index (κ3) is 3.69. The van der Waals surface area contributed by atoms with E-state index in [0.717, 1.165) is 0 Å². The van der Waals surface area contributed by atoms with Gasteiger partial charge in [0.25, 0.3) is 0 Å². The Kier molecular flexibility index (Phi) is 4.96. The van der Waals surface area contributed by atoms with Crippen molar-refractivity contribution in [2.24, 2.45) is 0 Å². The highest BCUT2D eigenvalue weighted by molar-refractivity contribution is 9.10. The number of nitrogens with one attached hydrogen (secondary N) is 1. The summed E-state index contributed by atoms with van der Waals surface area (Å²) in [6.45, 7) is -1.02. The molecule has 0 aromatic heterocycles. The van der Waals surface area contributed by atoms with Crippen molar-refractivity contribution in [1.29, 1.82) is 0 Å². The number of aliphatic carboxylic acids is 1. The first kappa shape index (κ1) is 16.0. The number of aliphatic hydroxyl groups is 1. The zero-order valence-corrected chi connectivity index (χ0v) is 11.5. The molecule has 0 saturated heterocycles. The van der Waals surface area contributed by atoms with Crippen LogP contribution >= 0.6 is 15.9 Å². The summed E-state index contributed by atoms with van der Waals surface area (Å²) in [5.74, 6) is -4.02. The minimum atomic E-state index is -4.57. The number of hydrogen-bond donors (Lipinski definition) is 3. The molecule has 1 aromatic rings. The molecule has 0 radical (unpaired) electrons. The van der Waals surface area contributed by atoms with Gasteiger partial charge in [-0.3, -0.25) is 4.79 Å². The smallest absolute Gasteiger partial charge is 0.324 e. The van der Waals surface area contributed by atoms with Crippen LogP contribution in [0.5, 0.6) is 0 Å². The van der Waals surface area contributed by atoms with Gasteiger partial charge in [-0.1, -0.05) is 0 Å². The minimum Gasteiger partial charge on any atom is -0.480 e. The quantitative estimate of drug-likeness (QED) is 0.708. The summed E-state index contributed by atoms with van der Waals surface area (Å²) in [4.78, 5) is 9.67. The van der Waals surface area contributed by atoms with Gasteiger partial charge in [0.05, 0.1) is 6.61 Å². The Morgan fingerprint density at radius 2 is 2.00 bits per heavy atom. The molecule has 0 saturated carbocycles. The largest absolute Gasteiger partial charge is 0.480 e. The van der Waals surface area contributed by atoms with E-state index in [4.69, 9.17) is 10.2 Å². The van der Waals surface area contributed by atoms with Crippen molar-refractivity contribution < 1.29 is 32.2 Å². The molecule has 1 aromatic carbocycles. The van der Waals surface area contributed by atoms with Gasteiger partial charge < -0.3 is 10.2 Å². The molecule has 0 fully saturated rings. The van der Waals surface area contributed by atoms with Gasteiger partial charge >= 0.3 is 5.97 Å². The van der Waals surface area contributed by atoms with E-state index in [9.17, 15) is 22.0 Å². The first-order valence-electron chi connectivity index (χ1n) is 4.69. The molecule has 0 heterocycles. The van der Waals surface area contributed by atoms with E-state index in [0.29, 0.717) is 12.1 Å². The maximum Gasteiger partial charge on any atom is 0.324 e. The molecule has 0 spiro atoms. The molecule has 1 rings (SSSR count). The maximum atomic E-state index is 13.5. The first-order chi connectivity index (χ1) is 8.69. The molecule has 106 valence electrons. The molecular weight excluding hydrogens is 352 g/mol. The molecule has 3 N–H and O–H groups in total. The third-order valence-corrected chi connectivity index (χ3v) is 4.44. The summed E-state index contributed by atoms with van der Waals surface area (Å²) in [6, 6.07) is -0.776. The van der Waals surface area contributed by atoms with E-state index in [2.05, 4.69) is 15.9 Å². The monoisotopic (exact) mass is 359 g/mol. The molecule has 1 atom stereocenters. The summed E-state index contributed by atoms with van der Waals surface area (Å²) < 4.78 is 51.0. The Morgan fingerprint density at radius 1 is 1.42 bits per heavy atom. The normalized spacial score (nSPS) is 13.3. The Morgan fingerprint density at radius 3 is 2.42 bits per heavy atom. The number of benzene rings is 1. The molecule has 6 nitrogen and oxygen atoms in total. The number of carbonyl (C=O) groups is 1. The second-order valence-electron chi connectivity index (χ2n) is 3.39. The van der Waals surface area contributed by atoms with Crippen LogP contribution in [0.4, 0.5) is 8.78 Å². The predicted molar refractivity (Wildman–Crippen MR) is 62.9 cm³/mol. The van der Waals surface area contributed by atoms with Gasteiger partial charge in [-0.15, -0.1) is 0 Å². The van der Waals surface area contributed by atoms with Crippen molar-refractivity contribution in [3.05, 3.63) is 28.2 Å². The lowest BCUT2D eigenvalue weighted by atomic mass is 10.3. The molecule has 19 heavy (non-hydrogen) atoms. The predicted octanol–water partition coefficient (Wildman–Crippen LogP) is 0.451. The topological polar surface area (TPSA) is 104 Å². The highest BCUT2D eigenvalue weighted by atomic mass is 79.9. The van der Waals surface area contributed by atoms with E-state index in [1.165, 1.54) is 0 Å². The van der Waals surface area contributed by atoms with E-state index >= 15 is 0 Å². The highest BCUT2D eigenvalue weighted by Gasteiger charge is 2.29. The van der Waals surface area contributed by atoms with Crippen molar-refractivity contribution in [2.75, 3.05) is 6.61 Å². The Bertz CT molecular complexity index is 584. The molecule has 1 unspecified atom stereocenters. The van der Waals surface area contributed by atoms with Crippen LogP contribution in [0.1, 0.15) is 0 Å². The lowest BCUT2D eigenvalue weighted by Crippen LogP contribution is -2.43. The summed E-state index contributed by atoms with van der Waals surface area (Å²) in [5.41, 5.74) is 0. The van der Waals surface area contributed by atoms with Crippen molar-refractivity contribution in [3.8, 4) is 0 Å². The van der Waals surface area contributed by atoms with Crippen molar-refractivity contribution in [1.82, 2.24) is 4.72 Å². The zero-order chi connectivity index (χ0) is 14.8. The molecular formula is C9H8BrF2NO5S. The van der Waals surface area contributed by atoms with Crippen LogP contribution in [-0.4, -0.2) is 37.2 Å². The van der Waals surface area contributed by atoms with Gasteiger partial charge in [-0.25, -0.2) is 17.2 Å². The second-order valence-corrected chi connectivity index (χ2v) is 5.90. The number of aliphatic hydroxyl groups excluding tert-OH is 1. The molecule has 10 heteroatoms. The van der Waals surface area contributed by atoms with Crippen LogP contribution in [0, 0.1) is 11.6 Å². The van der Waals surface area contributed by atoms with Gasteiger partial charge in [0.2, 0.25) is 10.0 Å². The maximum absolute atomic E-state index is 13.5. The first-order valence-corrected chi connectivity index (χ1v) is 6.97. The Balaban J connectivity index is 3.25. The minimum absolute atomic E-state index is 0.341. The molecule has 0 bridgehead atoms. The van der Waals surface area contributed by atoms with E-state index in [1.54, 1.807) is 4.72 Å². The summed E-state index contributed by atoms with van der Waals surface area (Å²) in [5, 5.41) is 17.3. The van der Waals surface area contributed by atoms with Crippen LogP contribution in [0.25, 0.3) is 0 Å². The highest BCUT2D eigenvalue weighted by Crippen LogP contribution is 2.26. The summed E-state index contributed by atoms with van der Waals surface area (Å²) >= 11 is 2.67. The number of carboxylic acids is 1. The lowest BCUT2D eigenvalue weighted by molar-refractivity contribution is -0.139. The van der Waals surface area contributed by atoms with Crippen molar-refractivity contribution >= 4 is 31.9 Å². The molecule has 0 aliphatic heterocycles. The van der Waals surface area contributed by atoms with Gasteiger partial charge in [0.1, 0.15) is 22.6 Å². The standard InChI is InChI=1S/C9H8BrF2NO5S/c10-5-1-4(11)2-6(12)8(5)19(17,18)13-7(3-14)9(15)16/h1-2,7,13-14H,3H2,(H,15,16). The van der Waals surface area contributed by atoms with Gasteiger partial charge in [-0.2, -0.15) is 4.72 Å². The Labute approximate surface area is 115 Å². The third-order valence-electron chi connectivity index (χ3n) is 2.01. The number of hydrogen-bond acceptors (Lipinski definition) is 4. The fourth-order valence-electron chi connectivity index (χ4n) is 1.20. The van der Waals surface area contributed by atoms with Crippen LogP contribution in [0.3, 0.4) is 0 Å². The van der Waals surface area contributed by atoms with Crippen LogP contribution in [0.15, 0.2) is 21.5 Å². The second kappa shape index (κ2) is 5.90. The van der Waals surface area contributed by atoms with E-state index in [-0.39, 0.29) is 0 Å². The summed E-state index contributed by atoms with van der Waals surface area (Å²) in [7, 11) is -4.57. The van der Waals surface area contributed by atoms with Crippen LogP contribution in [0.2, 0.25) is 0 Å². The van der Waals surface area contributed by atoms with Crippen LogP contribution in [-0.2, 0) is 14.8 Å². The van der Waals surface area contributed by atoms with Gasteiger partial charge in [-0.05, 0) is 22.0 Å². The van der Waals surface area contributed by atoms with Crippen LogP contribution < -0.4 is 4.72 Å². The molecule has 0 amide bonds. The number of halogens is 3. The SMILES string of the molecule is O=C(O)C(CO)NS(=O)(=O)c1c(F)cc(F)cc1Br. The van der Waals surface area contributed by atoms with Crippen molar-refractivity contribution in [3.63, 3.8) is 0 Å². The number of rotatable bonds is 5. The average molecular weight is 360 g/mol. The van der Waals surface area contributed by atoms with Gasteiger partial charge in [0, 0.05) is 10.5 Å². The van der Waals surface area contributed by atoms with E-state index < -0.39 is 49.6 Å². The lowest BCUT2D eigenvalue weighted by Gasteiger charge is -2.13. The molecule has 0 aliphatic rings. The molecule has 0 aliphatic carbocycles. The number of carboxylic acid groups (broad SMARTS) is 1.